The highest BCUT2D eigenvalue weighted by Gasteiger charge is 2.29. The average molecular weight is 580 g/mol. The zero-order valence-corrected chi connectivity index (χ0v) is 23.9. The molecule has 220 valence electrons. The minimum absolute atomic E-state index is 0.0704. The van der Waals surface area contributed by atoms with Gasteiger partial charge in [0.1, 0.15) is 23.6 Å². The van der Waals surface area contributed by atoms with Gasteiger partial charge in [0.25, 0.3) is 0 Å². The van der Waals surface area contributed by atoms with Crippen molar-refractivity contribution >= 4 is 25.4 Å². The van der Waals surface area contributed by atoms with E-state index in [4.69, 9.17) is 30.0 Å². The molecule has 40 heavy (non-hydrogen) atoms. The molecule has 0 aliphatic heterocycles. The van der Waals surface area contributed by atoms with Crippen molar-refractivity contribution in [2.45, 2.75) is 51.6 Å². The van der Waals surface area contributed by atoms with E-state index >= 15 is 0 Å². The fourth-order valence-electron chi connectivity index (χ4n) is 3.56. The molecule has 2 aromatic rings. The number of ether oxygens (including phenoxy) is 2. The minimum atomic E-state index is -3.83. The molecule has 2 atom stereocenters. The lowest BCUT2D eigenvalue weighted by Gasteiger charge is -2.21. The molecule has 0 heterocycles. The maximum absolute atomic E-state index is 13.8. The maximum Gasteiger partial charge on any atom is 0.430 e. The molecule has 0 unspecified atom stereocenters. The third-order valence-electron chi connectivity index (χ3n) is 5.61. The van der Waals surface area contributed by atoms with E-state index < -0.39 is 37.5 Å². The van der Waals surface area contributed by atoms with Crippen LogP contribution in [0, 0.1) is 0 Å². The Balaban J connectivity index is 2.13. The molecule has 2 aromatic carbocycles. The Hall–Kier alpha value is -3.44. The Kier molecular flexibility index (Phi) is 13.1. The summed E-state index contributed by atoms with van der Waals surface area (Å²) in [6.45, 7) is 3.87. The molecular weight excluding hydrogens is 541 g/mol. The fourth-order valence-corrected chi connectivity index (χ4v) is 5.21. The zero-order valence-electron chi connectivity index (χ0n) is 23.0. The lowest BCUT2D eigenvalue weighted by molar-refractivity contribution is -0.159. The van der Waals surface area contributed by atoms with Gasteiger partial charge in [0, 0.05) is 13.5 Å². The second kappa shape index (κ2) is 16.0. The monoisotopic (exact) mass is 579 g/mol. The lowest BCUT2D eigenvalue weighted by atomic mass is 10.1. The second-order valence-corrected chi connectivity index (χ2v) is 11.0. The van der Waals surface area contributed by atoms with E-state index in [2.05, 4.69) is 0 Å². The van der Waals surface area contributed by atoms with Gasteiger partial charge >= 0.3 is 19.5 Å². The van der Waals surface area contributed by atoms with Gasteiger partial charge in [0.05, 0.1) is 19.4 Å². The molecule has 0 bridgehead atoms. The topological polar surface area (TPSA) is 181 Å². The third-order valence-corrected chi connectivity index (χ3v) is 7.45. The summed E-state index contributed by atoms with van der Waals surface area (Å²) in [5.74, 6) is -1.05. The number of hydrogen-bond donors (Lipinski definition) is 3. The fraction of sp³-hybridized carbons (Fsp3) is 0.444. The molecule has 0 aliphatic carbocycles. The van der Waals surface area contributed by atoms with E-state index in [0.29, 0.717) is 5.06 Å². The van der Waals surface area contributed by atoms with E-state index in [-0.39, 0.29) is 56.6 Å². The van der Waals surface area contributed by atoms with Crippen molar-refractivity contribution in [2.24, 2.45) is 11.5 Å². The maximum atomic E-state index is 13.8. The minimum Gasteiger partial charge on any atom is -0.465 e. The van der Waals surface area contributed by atoms with Gasteiger partial charge in [-0.3, -0.25) is 19.6 Å². The molecular formula is C27H38N3O9P. The Bertz CT molecular complexity index is 1080. The van der Waals surface area contributed by atoms with Crippen molar-refractivity contribution in [1.29, 1.82) is 0 Å². The molecule has 1 amide bonds. The summed E-state index contributed by atoms with van der Waals surface area (Å²) in [6, 6.07) is 11.4. The van der Waals surface area contributed by atoms with Gasteiger partial charge in [-0.2, -0.15) is 0 Å². The van der Waals surface area contributed by atoms with Gasteiger partial charge in [-0.15, -0.1) is 0 Å². The molecule has 0 saturated heterocycles. The molecule has 5 N–H and O–H groups in total. The van der Waals surface area contributed by atoms with E-state index in [0.717, 1.165) is 11.1 Å². The molecule has 0 fully saturated rings. The highest BCUT2D eigenvalue weighted by molar-refractivity contribution is 7.54. The number of esters is 2. The van der Waals surface area contributed by atoms with Crippen molar-refractivity contribution in [3.8, 4) is 11.5 Å². The van der Waals surface area contributed by atoms with Crippen LogP contribution in [0.5, 0.6) is 11.5 Å². The number of carbonyl (C=O) groups excluding carboxylic acids is 3. The first-order valence-corrected chi connectivity index (χ1v) is 14.6. The van der Waals surface area contributed by atoms with Crippen LogP contribution in [-0.2, 0) is 41.3 Å². The van der Waals surface area contributed by atoms with Crippen LogP contribution in [0.25, 0.3) is 0 Å². The van der Waals surface area contributed by atoms with Crippen molar-refractivity contribution in [3.05, 3.63) is 59.7 Å². The van der Waals surface area contributed by atoms with E-state index in [1.807, 2.05) is 0 Å². The first-order valence-electron chi connectivity index (χ1n) is 12.9. The highest BCUT2D eigenvalue weighted by Crippen LogP contribution is 2.49. The van der Waals surface area contributed by atoms with Crippen LogP contribution in [0.15, 0.2) is 48.5 Å². The predicted octanol–water partition coefficient (Wildman–Crippen LogP) is 2.83. The molecule has 0 aliphatic rings. The number of hydroxylamine groups is 2. The van der Waals surface area contributed by atoms with Crippen LogP contribution in [-0.4, -0.2) is 66.6 Å². The summed E-state index contributed by atoms with van der Waals surface area (Å²) in [4.78, 5) is 35.4. The van der Waals surface area contributed by atoms with Gasteiger partial charge in [-0.25, -0.2) is 9.63 Å². The van der Waals surface area contributed by atoms with E-state index in [9.17, 15) is 24.2 Å². The van der Waals surface area contributed by atoms with Crippen LogP contribution in [0.4, 0.5) is 0 Å². The summed E-state index contributed by atoms with van der Waals surface area (Å²) in [7, 11) is -2.63. The molecule has 0 aromatic heterocycles. The van der Waals surface area contributed by atoms with Crippen LogP contribution < -0.4 is 20.5 Å². The van der Waals surface area contributed by atoms with Crippen molar-refractivity contribution in [3.63, 3.8) is 0 Å². The average Bonchev–Trinajstić information content (AvgIpc) is 2.91. The summed E-state index contributed by atoms with van der Waals surface area (Å²) in [5.41, 5.74) is 13.3. The van der Waals surface area contributed by atoms with Crippen LogP contribution in [0.1, 0.15) is 37.8 Å². The normalized spacial score (nSPS) is 12.7. The quantitative estimate of drug-likeness (QED) is 0.115. The number of benzene rings is 2. The van der Waals surface area contributed by atoms with Crippen LogP contribution in [0.3, 0.4) is 0 Å². The van der Waals surface area contributed by atoms with Crippen LogP contribution >= 0.6 is 7.60 Å². The van der Waals surface area contributed by atoms with E-state index in [1.165, 1.54) is 7.05 Å². The van der Waals surface area contributed by atoms with Gasteiger partial charge in [0.2, 0.25) is 5.91 Å². The van der Waals surface area contributed by atoms with Gasteiger partial charge in [-0.1, -0.05) is 24.3 Å². The molecule has 0 spiro atoms. The first kappa shape index (κ1) is 32.8. The zero-order chi connectivity index (χ0) is 29.7. The largest absolute Gasteiger partial charge is 0.465 e. The standard InChI is InChI=1S/C27H38N3O9P/c1-4-36-26(32)23(28)17-19-8-12-21(13-9-19)38-40(35,16-6-7-25(31)30(3)34)39-22-14-10-20(11-15-22)18-24(29)27(33)37-5-2/h8-15,23-24,34H,4-7,16-18,28-29H2,1-3H3/t23-,24-/m0/s1. The van der Waals surface area contributed by atoms with E-state index in [1.54, 1.807) is 62.4 Å². The highest BCUT2D eigenvalue weighted by atomic mass is 31.2. The Labute approximate surface area is 234 Å². The van der Waals surface area contributed by atoms with Crippen molar-refractivity contribution < 1.29 is 42.7 Å². The van der Waals surface area contributed by atoms with Gasteiger partial charge in [0.15, 0.2) is 0 Å². The Morgan fingerprint density at radius 3 is 1.57 bits per heavy atom. The summed E-state index contributed by atoms with van der Waals surface area (Å²) in [6.07, 6.45) is 0.434. The SMILES string of the molecule is CCOC(=O)[C@@H](N)Cc1ccc(OP(=O)(CCCC(=O)N(C)O)Oc2ccc(C[C@H](N)C(=O)OCC)cc2)cc1. The molecule has 13 heteroatoms. The number of carbonyl (C=O) groups is 3. The Morgan fingerprint density at radius 2 is 1.23 bits per heavy atom. The molecule has 12 nitrogen and oxygen atoms in total. The van der Waals surface area contributed by atoms with Gasteiger partial charge < -0.3 is 30.0 Å². The number of nitrogens with two attached hydrogens (primary N) is 2. The summed E-state index contributed by atoms with van der Waals surface area (Å²) in [5, 5.41) is 9.77. The number of nitrogens with zero attached hydrogens (tertiary/aromatic N) is 1. The van der Waals surface area contributed by atoms with Crippen molar-refractivity contribution in [2.75, 3.05) is 26.4 Å². The van der Waals surface area contributed by atoms with Crippen molar-refractivity contribution in [1.82, 2.24) is 5.06 Å². The number of rotatable bonds is 16. The molecule has 0 saturated carbocycles. The van der Waals surface area contributed by atoms with Crippen LogP contribution in [0.2, 0.25) is 0 Å². The molecule has 2 rings (SSSR count). The summed E-state index contributed by atoms with van der Waals surface area (Å²) < 4.78 is 35.2. The second-order valence-electron chi connectivity index (χ2n) is 8.95. The molecule has 0 radical (unpaired) electrons. The smallest absolute Gasteiger partial charge is 0.430 e. The van der Waals surface area contributed by atoms with Gasteiger partial charge in [-0.05, 0) is 68.5 Å². The third kappa shape index (κ3) is 11.0. The lowest BCUT2D eigenvalue weighted by Crippen LogP contribution is -2.34. The number of hydrogen-bond acceptors (Lipinski definition) is 11. The number of amides is 1. The predicted molar refractivity (Wildman–Crippen MR) is 147 cm³/mol. The first-order chi connectivity index (χ1) is 19.0. The Morgan fingerprint density at radius 1 is 0.825 bits per heavy atom. The summed E-state index contributed by atoms with van der Waals surface area (Å²) >= 11 is 0.